The van der Waals surface area contributed by atoms with E-state index in [1.807, 2.05) is 16.7 Å². The summed E-state index contributed by atoms with van der Waals surface area (Å²) in [6.45, 7) is 1.59. The molecule has 3 aromatic rings. The van der Waals surface area contributed by atoms with E-state index in [1.54, 1.807) is 20.1 Å². The van der Waals surface area contributed by atoms with Crippen molar-refractivity contribution in [3.63, 3.8) is 0 Å². The molecule has 0 bridgehead atoms. The Hall–Kier alpha value is -2.63. The first-order valence-electron chi connectivity index (χ1n) is 11.0. The number of sulfone groups is 1. The molecule has 3 aromatic heterocycles. The minimum absolute atomic E-state index is 0.108. The summed E-state index contributed by atoms with van der Waals surface area (Å²) in [4.78, 5) is 12.8. The van der Waals surface area contributed by atoms with Crippen molar-refractivity contribution in [1.82, 2.24) is 29.7 Å². The second-order valence-electron chi connectivity index (χ2n) is 8.24. The highest BCUT2D eigenvalue weighted by atomic mass is 35.5. The molecule has 0 radical (unpaired) electrons. The minimum Gasteiger partial charge on any atom is -0.481 e. The molecule has 182 valence electrons. The molecule has 12 heteroatoms. The molecular formula is C22H27ClN6O4S. The van der Waals surface area contributed by atoms with Crippen molar-refractivity contribution in [3.8, 4) is 17.4 Å². The maximum absolute atomic E-state index is 13.5. The standard InChI is InChI=1S/C22H27ClN6O4S/c1-14(20(33-3)21-24-11-15(23)12-25-21)34(30,31)13-18-27-28-22(29(18)16-7-4-5-8-16)17-9-6-10-19(26-17)32-2/h6,9-12,14,16,20H,4-5,7-8,13H2,1-3H3/t14-,20-/m0/s1. The monoisotopic (exact) mass is 506 g/mol. The smallest absolute Gasteiger partial charge is 0.213 e. The van der Waals surface area contributed by atoms with Crippen LogP contribution in [0.2, 0.25) is 5.02 Å². The number of nitrogens with zero attached hydrogens (tertiary/aromatic N) is 6. The van der Waals surface area contributed by atoms with E-state index in [0.29, 0.717) is 28.2 Å². The molecule has 4 rings (SSSR count). The van der Waals surface area contributed by atoms with E-state index < -0.39 is 21.2 Å². The zero-order valence-corrected chi connectivity index (χ0v) is 20.8. The summed E-state index contributed by atoms with van der Waals surface area (Å²) in [5, 5.41) is 8.07. The second-order valence-corrected chi connectivity index (χ2v) is 11.0. The topological polar surface area (TPSA) is 122 Å². The van der Waals surface area contributed by atoms with Gasteiger partial charge in [0.05, 0.1) is 17.4 Å². The van der Waals surface area contributed by atoms with Gasteiger partial charge in [-0.1, -0.05) is 30.5 Å². The summed E-state index contributed by atoms with van der Waals surface area (Å²) in [6, 6.07) is 5.49. The Labute approximate surface area is 203 Å². The van der Waals surface area contributed by atoms with Gasteiger partial charge in [0, 0.05) is 31.6 Å². The Morgan fingerprint density at radius 3 is 2.50 bits per heavy atom. The van der Waals surface area contributed by atoms with E-state index >= 15 is 0 Å². The van der Waals surface area contributed by atoms with Gasteiger partial charge in [0.1, 0.15) is 23.4 Å². The molecule has 34 heavy (non-hydrogen) atoms. The number of hydrogen-bond acceptors (Lipinski definition) is 9. The quantitative estimate of drug-likeness (QED) is 0.428. The molecule has 1 fully saturated rings. The number of hydrogen-bond donors (Lipinski definition) is 0. The van der Waals surface area contributed by atoms with Crippen molar-refractivity contribution in [2.75, 3.05) is 14.2 Å². The first-order chi connectivity index (χ1) is 16.3. The highest BCUT2D eigenvalue weighted by Crippen LogP contribution is 2.35. The summed E-state index contributed by atoms with van der Waals surface area (Å²) in [7, 11) is -0.745. The molecule has 0 spiro atoms. The maximum atomic E-state index is 13.5. The predicted molar refractivity (Wildman–Crippen MR) is 126 cm³/mol. The van der Waals surface area contributed by atoms with Gasteiger partial charge in [0.25, 0.3) is 0 Å². The molecule has 0 aliphatic heterocycles. The lowest BCUT2D eigenvalue weighted by atomic mass is 10.2. The zero-order chi connectivity index (χ0) is 24.3. The molecule has 0 amide bonds. The van der Waals surface area contributed by atoms with Crippen molar-refractivity contribution in [2.45, 2.75) is 55.8 Å². The number of ether oxygens (including phenoxy) is 2. The number of rotatable bonds is 9. The van der Waals surface area contributed by atoms with E-state index in [1.165, 1.54) is 19.5 Å². The van der Waals surface area contributed by atoms with E-state index in [-0.39, 0.29) is 17.6 Å². The van der Waals surface area contributed by atoms with Crippen molar-refractivity contribution in [3.05, 3.63) is 47.3 Å². The molecular weight excluding hydrogens is 480 g/mol. The lowest BCUT2D eigenvalue weighted by Crippen LogP contribution is -2.30. The fourth-order valence-electron chi connectivity index (χ4n) is 4.27. The lowest BCUT2D eigenvalue weighted by molar-refractivity contribution is 0.0948. The van der Waals surface area contributed by atoms with Crippen LogP contribution >= 0.6 is 11.6 Å². The summed E-state index contributed by atoms with van der Waals surface area (Å²) >= 11 is 5.87. The minimum atomic E-state index is -3.72. The van der Waals surface area contributed by atoms with Gasteiger partial charge in [0.15, 0.2) is 21.5 Å². The zero-order valence-electron chi connectivity index (χ0n) is 19.3. The van der Waals surface area contributed by atoms with Crippen LogP contribution in [-0.4, -0.2) is 57.6 Å². The normalized spacial score (nSPS) is 16.5. The summed E-state index contributed by atoms with van der Waals surface area (Å²) in [5.41, 5.74) is 0.583. The average molecular weight is 507 g/mol. The van der Waals surface area contributed by atoms with Crippen LogP contribution in [0.25, 0.3) is 11.5 Å². The number of halogens is 1. The van der Waals surface area contributed by atoms with Crippen molar-refractivity contribution in [1.29, 1.82) is 0 Å². The third kappa shape index (κ3) is 5.06. The van der Waals surface area contributed by atoms with Crippen LogP contribution in [0.1, 0.15) is 56.4 Å². The maximum Gasteiger partial charge on any atom is 0.213 e. The van der Waals surface area contributed by atoms with Crippen LogP contribution in [0.3, 0.4) is 0 Å². The third-order valence-electron chi connectivity index (χ3n) is 6.09. The first-order valence-corrected chi connectivity index (χ1v) is 13.1. The van der Waals surface area contributed by atoms with Gasteiger partial charge in [-0.25, -0.2) is 23.4 Å². The fraction of sp³-hybridized carbons (Fsp3) is 0.500. The molecule has 1 saturated carbocycles. The van der Waals surface area contributed by atoms with Gasteiger partial charge in [-0.05, 0) is 25.8 Å². The Morgan fingerprint density at radius 2 is 1.85 bits per heavy atom. The van der Waals surface area contributed by atoms with Gasteiger partial charge < -0.3 is 14.0 Å². The summed E-state index contributed by atoms with van der Waals surface area (Å²) < 4.78 is 39.6. The Bertz CT molecular complexity index is 1230. The van der Waals surface area contributed by atoms with E-state index in [2.05, 4.69) is 25.1 Å². The lowest BCUT2D eigenvalue weighted by Gasteiger charge is -2.22. The van der Waals surface area contributed by atoms with Crippen LogP contribution in [-0.2, 0) is 20.3 Å². The Kier molecular flexibility index (Phi) is 7.44. The summed E-state index contributed by atoms with van der Waals surface area (Å²) in [6.07, 6.45) is 5.96. The molecule has 1 aliphatic carbocycles. The molecule has 10 nitrogen and oxygen atoms in total. The molecule has 1 aliphatic rings. The summed E-state index contributed by atoms with van der Waals surface area (Å²) in [5.74, 6) is 1.32. The fourth-order valence-corrected chi connectivity index (χ4v) is 5.80. The number of pyridine rings is 1. The first kappa shape index (κ1) is 24.5. The molecule has 3 heterocycles. The SMILES string of the molecule is COc1cccc(-c2nnc(CS(=O)(=O)[C@@H](C)[C@H](OC)c3ncc(Cl)cn3)n2C2CCCC2)n1. The molecule has 0 N–H and O–H groups in total. The Morgan fingerprint density at radius 1 is 1.15 bits per heavy atom. The van der Waals surface area contributed by atoms with Crippen molar-refractivity contribution < 1.29 is 17.9 Å². The van der Waals surface area contributed by atoms with E-state index in [9.17, 15) is 8.42 Å². The highest BCUT2D eigenvalue weighted by Gasteiger charge is 2.35. The number of aromatic nitrogens is 6. The van der Waals surface area contributed by atoms with E-state index in [4.69, 9.17) is 21.1 Å². The molecule has 0 aromatic carbocycles. The van der Waals surface area contributed by atoms with Crippen LogP contribution in [0.5, 0.6) is 5.88 Å². The van der Waals surface area contributed by atoms with Gasteiger partial charge in [-0.3, -0.25) is 0 Å². The largest absolute Gasteiger partial charge is 0.481 e. The van der Waals surface area contributed by atoms with Crippen LogP contribution in [0.15, 0.2) is 30.6 Å². The van der Waals surface area contributed by atoms with E-state index in [0.717, 1.165) is 25.7 Å². The van der Waals surface area contributed by atoms with Crippen LogP contribution in [0, 0.1) is 0 Å². The molecule has 0 saturated heterocycles. The van der Waals surface area contributed by atoms with Crippen molar-refractivity contribution >= 4 is 21.4 Å². The second kappa shape index (κ2) is 10.3. The predicted octanol–water partition coefficient (Wildman–Crippen LogP) is 3.60. The number of methoxy groups -OCH3 is 2. The Balaban J connectivity index is 1.68. The van der Waals surface area contributed by atoms with Crippen molar-refractivity contribution in [2.24, 2.45) is 0 Å². The molecule has 2 atom stereocenters. The van der Waals surface area contributed by atoms with Crippen LogP contribution < -0.4 is 4.74 Å². The van der Waals surface area contributed by atoms with Gasteiger partial charge in [0.2, 0.25) is 5.88 Å². The van der Waals surface area contributed by atoms with Gasteiger partial charge in [-0.2, -0.15) is 0 Å². The third-order valence-corrected chi connectivity index (χ3v) is 8.33. The van der Waals surface area contributed by atoms with Gasteiger partial charge in [-0.15, -0.1) is 10.2 Å². The van der Waals surface area contributed by atoms with Crippen LogP contribution in [0.4, 0.5) is 0 Å². The molecule has 0 unspecified atom stereocenters. The average Bonchev–Trinajstić information content (AvgIpc) is 3.50. The van der Waals surface area contributed by atoms with Gasteiger partial charge >= 0.3 is 0 Å². The highest BCUT2D eigenvalue weighted by molar-refractivity contribution is 7.91.